The summed E-state index contributed by atoms with van der Waals surface area (Å²) in [6, 6.07) is 2.25. The van der Waals surface area contributed by atoms with Crippen LogP contribution in [-0.2, 0) is 24.2 Å². The maximum absolute atomic E-state index is 12.3. The summed E-state index contributed by atoms with van der Waals surface area (Å²) in [7, 11) is 0. The molecule has 0 aliphatic heterocycles. The van der Waals surface area contributed by atoms with Gasteiger partial charge < -0.3 is 9.88 Å². The third-order valence-electron chi connectivity index (χ3n) is 4.20. The van der Waals surface area contributed by atoms with E-state index in [-0.39, 0.29) is 11.7 Å². The number of hydrogen-bond acceptors (Lipinski definition) is 6. The maximum Gasteiger partial charge on any atom is 0.235 e. The lowest BCUT2D eigenvalue weighted by molar-refractivity contribution is -0.113. The van der Waals surface area contributed by atoms with Crippen LogP contribution in [0.4, 0.5) is 5.00 Å². The van der Waals surface area contributed by atoms with Crippen LogP contribution >= 0.6 is 23.1 Å². The van der Waals surface area contributed by atoms with Crippen molar-refractivity contribution in [1.82, 2.24) is 14.8 Å². The van der Waals surface area contributed by atoms with Crippen molar-refractivity contribution in [1.29, 1.82) is 5.26 Å². The highest BCUT2D eigenvalue weighted by Gasteiger charge is 2.23. The molecular weight excluding hydrogens is 354 g/mol. The summed E-state index contributed by atoms with van der Waals surface area (Å²) < 4.78 is 1.99. The van der Waals surface area contributed by atoms with Crippen LogP contribution in [0, 0.1) is 11.3 Å². The predicted molar refractivity (Wildman–Crippen MR) is 100.0 cm³/mol. The van der Waals surface area contributed by atoms with E-state index >= 15 is 0 Å². The highest BCUT2D eigenvalue weighted by Crippen LogP contribution is 2.38. The molecule has 0 aromatic carbocycles. The normalized spacial score (nSPS) is 12.8. The first kappa shape index (κ1) is 18.0. The zero-order chi connectivity index (χ0) is 17.6. The van der Waals surface area contributed by atoms with Crippen LogP contribution in [-0.4, -0.2) is 26.4 Å². The van der Waals surface area contributed by atoms with Gasteiger partial charge in [-0.2, -0.15) is 5.26 Å². The molecule has 1 amide bonds. The standard InChI is InChI=1S/C17H21N5OS2/c1-2-3-4-8-22-11-19-21-17(22)24-10-15(23)20-16-13(9-18)12-6-5-7-14(12)25-16/h11H,2-8,10H2,1H3,(H,20,23). The molecule has 132 valence electrons. The van der Waals surface area contributed by atoms with Gasteiger partial charge in [-0.1, -0.05) is 31.5 Å². The Hall–Kier alpha value is -1.85. The average molecular weight is 376 g/mol. The highest BCUT2D eigenvalue weighted by molar-refractivity contribution is 7.99. The van der Waals surface area contributed by atoms with Gasteiger partial charge in [0.25, 0.3) is 0 Å². The number of amides is 1. The Balaban J connectivity index is 1.56. The van der Waals surface area contributed by atoms with Crippen LogP contribution in [0.1, 0.15) is 48.6 Å². The first-order chi connectivity index (χ1) is 12.2. The number of hydrogen-bond donors (Lipinski definition) is 1. The Morgan fingerprint density at radius 2 is 2.36 bits per heavy atom. The molecule has 2 aromatic rings. The van der Waals surface area contributed by atoms with Crippen molar-refractivity contribution in [2.45, 2.75) is 57.1 Å². The van der Waals surface area contributed by atoms with E-state index < -0.39 is 0 Å². The van der Waals surface area contributed by atoms with E-state index in [2.05, 4.69) is 28.5 Å². The lowest BCUT2D eigenvalue weighted by atomic mass is 10.1. The van der Waals surface area contributed by atoms with Gasteiger partial charge in [0.1, 0.15) is 17.4 Å². The van der Waals surface area contributed by atoms with Gasteiger partial charge in [0, 0.05) is 11.4 Å². The van der Waals surface area contributed by atoms with Gasteiger partial charge in [0.05, 0.1) is 11.3 Å². The average Bonchev–Trinajstić information content (AvgIpc) is 3.29. The van der Waals surface area contributed by atoms with E-state index in [1.54, 1.807) is 17.7 Å². The van der Waals surface area contributed by atoms with Gasteiger partial charge in [0.2, 0.25) is 5.91 Å². The number of unbranched alkanes of at least 4 members (excludes halogenated alkanes) is 2. The van der Waals surface area contributed by atoms with E-state index in [0.717, 1.165) is 42.9 Å². The second-order valence-corrected chi connectivity index (χ2v) is 8.07. The van der Waals surface area contributed by atoms with Crippen molar-refractivity contribution < 1.29 is 4.79 Å². The number of nitrogens with one attached hydrogen (secondary N) is 1. The van der Waals surface area contributed by atoms with E-state index in [1.165, 1.54) is 29.5 Å². The van der Waals surface area contributed by atoms with Crippen molar-refractivity contribution in [2.75, 3.05) is 11.1 Å². The quantitative estimate of drug-likeness (QED) is 0.563. The molecule has 8 heteroatoms. The monoisotopic (exact) mass is 375 g/mol. The fourth-order valence-corrected chi connectivity index (χ4v) is 4.94. The molecule has 0 fully saturated rings. The van der Waals surface area contributed by atoms with Crippen LogP contribution in [0.2, 0.25) is 0 Å². The second-order valence-electron chi connectivity index (χ2n) is 6.02. The highest BCUT2D eigenvalue weighted by atomic mass is 32.2. The number of carbonyl (C=O) groups is 1. The molecule has 6 nitrogen and oxygen atoms in total. The molecule has 0 bridgehead atoms. The molecule has 3 rings (SSSR count). The summed E-state index contributed by atoms with van der Waals surface area (Å²) >= 11 is 2.93. The Labute approximate surface area is 155 Å². The van der Waals surface area contributed by atoms with Gasteiger partial charge in [-0.15, -0.1) is 21.5 Å². The van der Waals surface area contributed by atoms with Crippen molar-refractivity contribution in [3.8, 4) is 6.07 Å². The Morgan fingerprint density at radius 3 is 3.16 bits per heavy atom. The maximum atomic E-state index is 12.3. The number of aromatic nitrogens is 3. The number of nitrogens with zero attached hydrogens (tertiary/aromatic N) is 4. The molecule has 25 heavy (non-hydrogen) atoms. The van der Waals surface area contributed by atoms with Gasteiger partial charge in [-0.25, -0.2) is 0 Å². The fraction of sp³-hybridized carbons (Fsp3) is 0.529. The molecule has 2 aromatic heterocycles. The van der Waals surface area contributed by atoms with Gasteiger partial charge in [-0.3, -0.25) is 4.79 Å². The minimum Gasteiger partial charge on any atom is -0.316 e. The number of carbonyl (C=O) groups excluding carboxylic acids is 1. The molecule has 0 unspecified atom stereocenters. The third kappa shape index (κ3) is 4.22. The number of thioether (sulfide) groups is 1. The van der Waals surface area contributed by atoms with Crippen molar-refractivity contribution in [3.05, 3.63) is 22.3 Å². The molecule has 0 atom stereocenters. The first-order valence-electron chi connectivity index (χ1n) is 8.58. The lowest BCUT2D eigenvalue weighted by Gasteiger charge is -2.06. The Bertz CT molecular complexity index is 790. The van der Waals surface area contributed by atoms with Crippen molar-refractivity contribution >= 4 is 34.0 Å². The number of thiophene rings is 1. The molecule has 1 aliphatic carbocycles. The van der Waals surface area contributed by atoms with E-state index in [9.17, 15) is 10.1 Å². The summed E-state index contributed by atoms with van der Waals surface area (Å²) in [6.45, 7) is 3.04. The Kier molecular flexibility index (Phi) is 6.10. The zero-order valence-corrected chi connectivity index (χ0v) is 15.9. The SMILES string of the molecule is CCCCCn1cnnc1SCC(=O)Nc1sc2c(c1C#N)CCC2. The summed E-state index contributed by atoms with van der Waals surface area (Å²) in [5, 5.41) is 21.8. The van der Waals surface area contributed by atoms with E-state index in [4.69, 9.17) is 0 Å². The van der Waals surface area contributed by atoms with E-state index in [0.29, 0.717) is 10.6 Å². The van der Waals surface area contributed by atoms with Gasteiger partial charge in [-0.05, 0) is 31.2 Å². The number of anilines is 1. The summed E-state index contributed by atoms with van der Waals surface area (Å²) in [6.07, 6.45) is 8.20. The van der Waals surface area contributed by atoms with Crippen LogP contribution < -0.4 is 5.32 Å². The lowest BCUT2D eigenvalue weighted by Crippen LogP contribution is -2.14. The van der Waals surface area contributed by atoms with Gasteiger partial charge in [0.15, 0.2) is 5.16 Å². The molecule has 0 saturated carbocycles. The van der Waals surface area contributed by atoms with Crippen molar-refractivity contribution in [3.63, 3.8) is 0 Å². The van der Waals surface area contributed by atoms with Crippen molar-refractivity contribution in [2.24, 2.45) is 0 Å². The van der Waals surface area contributed by atoms with Crippen LogP contribution in [0.5, 0.6) is 0 Å². The molecule has 0 saturated heterocycles. The predicted octanol–water partition coefficient (Wildman–Crippen LogP) is 3.62. The number of fused-ring (bicyclic) bond motifs is 1. The number of aryl methyl sites for hydroxylation is 2. The number of rotatable bonds is 8. The zero-order valence-electron chi connectivity index (χ0n) is 14.2. The molecular formula is C17H21N5OS2. The van der Waals surface area contributed by atoms with E-state index in [1.807, 2.05) is 4.57 Å². The molecule has 1 aliphatic rings. The topological polar surface area (TPSA) is 83.6 Å². The fourth-order valence-electron chi connectivity index (χ4n) is 2.95. The Morgan fingerprint density at radius 1 is 1.48 bits per heavy atom. The van der Waals surface area contributed by atoms with Crippen LogP contribution in [0.15, 0.2) is 11.5 Å². The number of nitriles is 1. The first-order valence-corrected chi connectivity index (χ1v) is 10.4. The second kappa shape index (κ2) is 8.50. The minimum atomic E-state index is -0.107. The molecule has 1 N–H and O–H groups in total. The summed E-state index contributed by atoms with van der Waals surface area (Å²) in [4.78, 5) is 13.5. The third-order valence-corrected chi connectivity index (χ3v) is 6.39. The smallest absolute Gasteiger partial charge is 0.235 e. The molecule has 0 radical (unpaired) electrons. The summed E-state index contributed by atoms with van der Waals surface area (Å²) in [5.41, 5.74) is 1.78. The van der Waals surface area contributed by atoms with Crippen LogP contribution in [0.25, 0.3) is 0 Å². The molecule has 2 heterocycles. The largest absolute Gasteiger partial charge is 0.316 e. The van der Waals surface area contributed by atoms with Crippen LogP contribution in [0.3, 0.4) is 0 Å². The molecule has 0 spiro atoms. The van der Waals surface area contributed by atoms with Gasteiger partial charge >= 0.3 is 0 Å². The minimum absolute atomic E-state index is 0.107. The summed E-state index contributed by atoms with van der Waals surface area (Å²) in [5.74, 6) is 0.157.